The second kappa shape index (κ2) is 6.53. The maximum absolute atomic E-state index is 8.96. The molecule has 1 aromatic rings. The summed E-state index contributed by atoms with van der Waals surface area (Å²) < 4.78 is 5.32. The van der Waals surface area contributed by atoms with E-state index in [0.29, 0.717) is 17.7 Å². The fraction of sp³-hybridized carbons (Fsp3) is 0.364. The topological polar surface area (TPSA) is 78.5 Å². The quantitative estimate of drug-likeness (QED) is 0.469. The van der Waals surface area contributed by atoms with Crippen molar-refractivity contribution < 1.29 is 9.84 Å². The monoisotopic (exact) mass is 219 g/mol. The first-order valence-electron chi connectivity index (χ1n) is 4.96. The number of aliphatic hydroxyl groups excluding tert-OH is 1. The lowest BCUT2D eigenvalue weighted by molar-refractivity contribution is 0.281. The summed E-state index contributed by atoms with van der Waals surface area (Å²) in [6.45, 7) is 2.35. The van der Waals surface area contributed by atoms with Gasteiger partial charge in [0.2, 0.25) is 12.1 Å². The van der Waals surface area contributed by atoms with Gasteiger partial charge in [-0.1, -0.05) is 6.92 Å². The third kappa shape index (κ3) is 3.33. The number of aliphatic hydroxyl groups is 1. The Kier molecular flexibility index (Phi) is 4.96. The highest BCUT2D eigenvalue weighted by Crippen LogP contribution is 2.06. The predicted octanol–water partition coefficient (Wildman–Crippen LogP) is 1.23. The molecule has 0 aromatic carbocycles. The summed E-state index contributed by atoms with van der Waals surface area (Å²) in [5.41, 5.74) is 1.25. The largest absolute Gasteiger partial charge is 0.477 e. The van der Waals surface area contributed by atoms with Crippen molar-refractivity contribution in [2.24, 2.45) is 4.99 Å². The molecule has 0 saturated carbocycles. The highest BCUT2D eigenvalue weighted by atomic mass is 16.5. The Morgan fingerprint density at radius 3 is 3.06 bits per heavy atom. The first kappa shape index (κ1) is 12.1. The maximum atomic E-state index is 8.96. The van der Waals surface area contributed by atoms with Crippen molar-refractivity contribution in [1.82, 2.24) is 4.98 Å². The molecule has 5 nitrogen and oxygen atoms in total. The predicted molar refractivity (Wildman–Crippen MR) is 58.6 cm³/mol. The van der Waals surface area contributed by atoms with E-state index in [4.69, 9.17) is 15.1 Å². The van der Waals surface area contributed by atoms with Crippen LogP contribution in [0, 0.1) is 11.5 Å². The summed E-state index contributed by atoms with van der Waals surface area (Å²) in [5.74, 6) is 0.243. The van der Waals surface area contributed by atoms with Gasteiger partial charge in [0.15, 0.2) is 0 Å². The molecule has 0 fully saturated rings. The van der Waals surface area contributed by atoms with Crippen molar-refractivity contribution in [2.75, 3.05) is 6.61 Å². The normalized spacial score (nSPS) is 10.9. The van der Waals surface area contributed by atoms with Gasteiger partial charge in [-0.15, -0.1) is 4.99 Å². The summed E-state index contributed by atoms with van der Waals surface area (Å²) in [4.78, 5) is 7.52. The Balaban J connectivity index is 2.93. The van der Waals surface area contributed by atoms with Gasteiger partial charge in [0.25, 0.3) is 0 Å². The van der Waals surface area contributed by atoms with E-state index in [1.54, 1.807) is 24.7 Å². The van der Waals surface area contributed by atoms with E-state index in [0.717, 1.165) is 6.42 Å². The van der Waals surface area contributed by atoms with Crippen LogP contribution in [-0.2, 0) is 11.3 Å². The van der Waals surface area contributed by atoms with Crippen LogP contribution in [0.3, 0.4) is 0 Å². The van der Waals surface area contributed by atoms with Crippen molar-refractivity contribution >= 4 is 5.90 Å². The molecule has 0 unspecified atom stereocenters. The lowest BCUT2D eigenvalue weighted by Gasteiger charge is -2.07. The Morgan fingerprint density at radius 2 is 2.44 bits per heavy atom. The van der Waals surface area contributed by atoms with Gasteiger partial charge < -0.3 is 9.84 Å². The summed E-state index contributed by atoms with van der Waals surface area (Å²) in [7, 11) is 0. The summed E-state index contributed by atoms with van der Waals surface area (Å²) >= 11 is 0. The van der Waals surface area contributed by atoms with E-state index in [1.165, 1.54) is 0 Å². The van der Waals surface area contributed by atoms with Gasteiger partial charge in [0, 0.05) is 12.4 Å². The van der Waals surface area contributed by atoms with E-state index in [9.17, 15) is 0 Å². The lowest BCUT2D eigenvalue weighted by atomic mass is 10.2. The molecule has 0 radical (unpaired) electrons. The highest BCUT2D eigenvalue weighted by molar-refractivity contribution is 5.94. The van der Waals surface area contributed by atoms with Crippen molar-refractivity contribution in [1.29, 1.82) is 5.26 Å². The van der Waals surface area contributed by atoms with Gasteiger partial charge in [0.05, 0.1) is 18.8 Å². The molecule has 1 rings (SSSR count). The number of nitrogens with zero attached hydrogens (tertiary/aromatic N) is 3. The zero-order chi connectivity index (χ0) is 11.8. The lowest BCUT2D eigenvalue weighted by Crippen LogP contribution is -2.08. The molecule has 0 aliphatic carbocycles. The molecule has 0 aliphatic heterocycles. The molecule has 0 saturated heterocycles. The van der Waals surface area contributed by atoms with Crippen molar-refractivity contribution in [3.63, 3.8) is 0 Å². The van der Waals surface area contributed by atoms with E-state index in [1.807, 2.05) is 6.92 Å². The number of hydrogen-bond donors (Lipinski definition) is 1. The third-order valence-electron chi connectivity index (χ3n) is 1.82. The molecule has 0 aliphatic rings. The first-order chi connectivity index (χ1) is 7.81. The van der Waals surface area contributed by atoms with Crippen LogP contribution in [0.2, 0.25) is 0 Å². The minimum atomic E-state index is -0.103. The number of aliphatic imine (C=N–C) groups is 1. The Labute approximate surface area is 94.0 Å². The van der Waals surface area contributed by atoms with Crippen LogP contribution in [0.25, 0.3) is 0 Å². The van der Waals surface area contributed by atoms with Crippen molar-refractivity contribution in [3.05, 3.63) is 29.6 Å². The van der Waals surface area contributed by atoms with Crippen LogP contribution in [0.5, 0.6) is 0 Å². The van der Waals surface area contributed by atoms with Gasteiger partial charge >= 0.3 is 0 Å². The van der Waals surface area contributed by atoms with E-state index < -0.39 is 0 Å². The van der Waals surface area contributed by atoms with Crippen LogP contribution in [-0.4, -0.2) is 22.6 Å². The summed E-state index contributed by atoms with van der Waals surface area (Å²) in [6, 6.07) is 1.69. The minimum Gasteiger partial charge on any atom is -0.477 e. The molecule has 0 atom stereocenters. The first-order valence-corrected chi connectivity index (χ1v) is 4.96. The van der Waals surface area contributed by atoms with Gasteiger partial charge in [-0.2, -0.15) is 5.26 Å². The number of hydrogen-bond acceptors (Lipinski definition) is 5. The molecule has 16 heavy (non-hydrogen) atoms. The Hall–Kier alpha value is -1.93. The zero-order valence-electron chi connectivity index (χ0n) is 9.05. The van der Waals surface area contributed by atoms with Gasteiger partial charge in [0.1, 0.15) is 0 Å². The Morgan fingerprint density at radius 1 is 1.62 bits per heavy atom. The van der Waals surface area contributed by atoms with Crippen LogP contribution in [0.15, 0.2) is 23.5 Å². The number of pyridine rings is 1. The number of aromatic nitrogens is 1. The SMILES string of the molecule is CCCOC(=NC#N)c1cncc(CO)c1. The molecule has 84 valence electrons. The molecule has 0 bridgehead atoms. The summed E-state index contributed by atoms with van der Waals surface area (Å²) in [5, 5.41) is 17.5. The number of rotatable bonds is 4. The second-order valence-electron chi connectivity index (χ2n) is 3.11. The fourth-order valence-corrected chi connectivity index (χ4v) is 1.12. The summed E-state index contributed by atoms with van der Waals surface area (Å²) in [6.07, 6.45) is 5.61. The zero-order valence-corrected chi connectivity index (χ0v) is 9.05. The van der Waals surface area contributed by atoms with Crippen molar-refractivity contribution in [3.8, 4) is 6.19 Å². The molecular weight excluding hydrogens is 206 g/mol. The molecule has 5 heteroatoms. The van der Waals surface area contributed by atoms with Gasteiger partial charge in [-0.3, -0.25) is 4.98 Å². The third-order valence-corrected chi connectivity index (χ3v) is 1.82. The highest BCUT2D eigenvalue weighted by Gasteiger charge is 2.06. The average Bonchev–Trinajstić information content (AvgIpc) is 2.34. The van der Waals surface area contributed by atoms with Crippen LogP contribution in [0.1, 0.15) is 24.5 Å². The fourth-order valence-electron chi connectivity index (χ4n) is 1.12. The van der Waals surface area contributed by atoms with Crippen LogP contribution < -0.4 is 0 Å². The second-order valence-corrected chi connectivity index (χ2v) is 3.11. The smallest absolute Gasteiger partial charge is 0.233 e. The molecule has 0 spiro atoms. The van der Waals surface area contributed by atoms with E-state index >= 15 is 0 Å². The molecule has 1 aromatic heterocycles. The molecule has 1 heterocycles. The van der Waals surface area contributed by atoms with Gasteiger partial charge in [-0.05, 0) is 18.1 Å². The maximum Gasteiger partial charge on any atom is 0.233 e. The Bertz CT molecular complexity index is 410. The standard InChI is InChI=1S/C11H13N3O2/c1-2-3-16-11(14-8-12)10-4-9(7-15)5-13-6-10/h4-6,15H,2-3,7H2,1H3. The van der Waals surface area contributed by atoms with Crippen LogP contribution in [0.4, 0.5) is 0 Å². The van der Waals surface area contributed by atoms with Crippen molar-refractivity contribution in [2.45, 2.75) is 20.0 Å². The number of nitriles is 1. The average molecular weight is 219 g/mol. The number of ether oxygens (including phenoxy) is 1. The molecular formula is C11H13N3O2. The van der Waals surface area contributed by atoms with Gasteiger partial charge in [-0.25, -0.2) is 0 Å². The van der Waals surface area contributed by atoms with E-state index in [-0.39, 0.29) is 12.5 Å². The minimum absolute atomic E-state index is 0.103. The molecule has 0 amide bonds. The van der Waals surface area contributed by atoms with Crippen LogP contribution >= 0.6 is 0 Å². The van der Waals surface area contributed by atoms with E-state index in [2.05, 4.69) is 9.98 Å². The molecule has 1 N–H and O–H groups in total.